The summed E-state index contributed by atoms with van der Waals surface area (Å²) >= 11 is 0. The van der Waals surface area contributed by atoms with Crippen molar-refractivity contribution in [1.29, 1.82) is 0 Å². The molecule has 1 aromatic rings. The zero-order valence-electron chi connectivity index (χ0n) is 12.2. The molecule has 1 fully saturated rings. The van der Waals surface area contributed by atoms with Crippen LogP contribution in [0.2, 0.25) is 0 Å². The summed E-state index contributed by atoms with van der Waals surface area (Å²) in [6.45, 7) is 3.23. The highest BCUT2D eigenvalue weighted by atomic mass is 19.1. The Kier molecular flexibility index (Phi) is 4.25. The van der Waals surface area contributed by atoms with E-state index in [1.54, 1.807) is 12.1 Å². The smallest absolute Gasteiger partial charge is 0.123 e. The van der Waals surface area contributed by atoms with Crippen molar-refractivity contribution in [1.82, 2.24) is 5.32 Å². The van der Waals surface area contributed by atoms with Gasteiger partial charge in [-0.1, -0.05) is 19.8 Å². The van der Waals surface area contributed by atoms with E-state index in [4.69, 9.17) is 4.74 Å². The Balaban J connectivity index is 1.55. The van der Waals surface area contributed by atoms with Crippen molar-refractivity contribution >= 4 is 0 Å². The highest BCUT2D eigenvalue weighted by Crippen LogP contribution is 2.35. The van der Waals surface area contributed by atoms with Crippen molar-refractivity contribution in [3.8, 4) is 5.75 Å². The lowest BCUT2D eigenvalue weighted by Crippen LogP contribution is -2.35. The van der Waals surface area contributed by atoms with Crippen molar-refractivity contribution < 1.29 is 9.13 Å². The van der Waals surface area contributed by atoms with Crippen LogP contribution in [0.4, 0.5) is 4.39 Å². The lowest BCUT2D eigenvalue weighted by Gasteiger charge is -2.31. The third-order valence-corrected chi connectivity index (χ3v) is 4.64. The molecule has 0 spiro atoms. The van der Waals surface area contributed by atoms with Gasteiger partial charge in [0, 0.05) is 18.0 Å². The first kappa shape index (κ1) is 13.9. The lowest BCUT2D eigenvalue weighted by molar-refractivity contribution is 0.164. The molecule has 0 bridgehead atoms. The molecule has 3 rings (SSSR count). The summed E-state index contributed by atoms with van der Waals surface area (Å²) in [5.41, 5.74) is 1.04. The highest BCUT2D eigenvalue weighted by Gasteiger charge is 2.29. The summed E-state index contributed by atoms with van der Waals surface area (Å²) < 4.78 is 19.2. The summed E-state index contributed by atoms with van der Waals surface area (Å²) in [6.07, 6.45) is 7.42. The number of ether oxygens (including phenoxy) is 1. The quantitative estimate of drug-likeness (QED) is 0.906. The average molecular weight is 277 g/mol. The molecule has 1 aromatic carbocycles. The van der Waals surface area contributed by atoms with Crippen LogP contribution in [-0.4, -0.2) is 18.7 Å². The van der Waals surface area contributed by atoms with Crippen LogP contribution in [0.3, 0.4) is 0 Å². The third kappa shape index (κ3) is 3.14. The molecule has 3 atom stereocenters. The number of hydrogen-bond donors (Lipinski definition) is 1. The van der Waals surface area contributed by atoms with Crippen LogP contribution in [0.1, 0.15) is 44.6 Å². The second-order valence-corrected chi connectivity index (χ2v) is 6.22. The minimum atomic E-state index is -0.155. The van der Waals surface area contributed by atoms with Gasteiger partial charge in [-0.05, 0) is 49.9 Å². The van der Waals surface area contributed by atoms with Gasteiger partial charge in [0.15, 0.2) is 0 Å². The van der Waals surface area contributed by atoms with E-state index in [1.165, 1.54) is 31.7 Å². The summed E-state index contributed by atoms with van der Waals surface area (Å²) in [5, 5.41) is 3.57. The summed E-state index contributed by atoms with van der Waals surface area (Å²) in [6, 6.07) is 5.56. The summed E-state index contributed by atoms with van der Waals surface area (Å²) in [4.78, 5) is 0. The Morgan fingerprint density at radius 2 is 2.25 bits per heavy atom. The number of rotatable bonds is 4. The van der Waals surface area contributed by atoms with Gasteiger partial charge in [-0.2, -0.15) is 0 Å². The van der Waals surface area contributed by atoms with Gasteiger partial charge >= 0.3 is 0 Å². The van der Waals surface area contributed by atoms with E-state index in [0.29, 0.717) is 6.04 Å². The normalized spacial score (nSPS) is 29.0. The first-order valence-electron chi connectivity index (χ1n) is 7.93. The first-order chi connectivity index (χ1) is 9.74. The Morgan fingerprint density at radius 3 is 3.10 bits per heavy atom. The molecule has 0 aromatic heterocycles. The fourth-order valence-electron chi connectivity index (χ4n) is 3.77. The van der Waals surface area contributed by atoms with E-state index in [2.05, 4.69) is 12.2 Å². The van der Waals surface area contributed by atoms with Gasteiger partial charge in [-0.25, -0.2) is 4.39 Å². The maximum absolute atomic E-state index is 13.2. The van der Waals surface area contributed by atoms with E-state index in [1.807, 2.05) is 0 Å². The zero-order valence-corrected chi connectivity index (χ0v) is 12.2. The molecule has 0 saturated heterocycles. The van der Waals surface area contributed by atoms with Crippen LogP contribution in [0.15, 0.2) is 18.2 Å². The van der Waals surface area contributed by atoms with E-state index >= 15 is 0 Å². The number of halogens is 1. The maximum Gasteiger partial charge on any atom is 0.123 e. The topological polar surface area (TPSA) is 21.3 Å². The van der Waals surface area contributed by atoms with Crippen LogP contribution in [0, 0.1) is 11.7 Å². The molecule has 3 heteroatoms. The van der Waals surface area contributed by atoms with E-state index in [0.717, 1.165) is 36.6 Å². The molecule has 20 heavy (non-hydrogen) atoms. The molecule has 0 radical (unpaired) electrons. The molecule has 1 aliphatic heterocycles. The number of benzene rings is 1. The summed E-state index contributed by atoms with van der Waals surface area (Å²) in [5.74, 6) is 1.48. The molecule has 3 unspecified atom stereocenters. The monoisotopic (exact) mass is 277 g/mol. The number of nitrogens with one attached hydrogen (secondary N) is 1. The molecule has 1 heterocycles. The van der Waals surface area contributed by atoms with Crippen LogP contribution in [0.25, 0.3) is 0 Å². The molecule has 2 aliphatic rings. The zero-order chi connectivity index (χ0) is 13.9. The largest absolute Gasteiger partial charge is 0.490 e. The van der Waals surface area contributed by atoms with Gasteiger partial charge in [-0.15, -0.1) is 0 Å². The Bertz CT molecular complexity index is 460. The van der Waals surface area contributed by atoms with Crippen LogP contribution < -0.4 is 10.1 Å². The molecule has 1 saturated carbocycles. The van der Waals surface area contributed by atoms with E-state index in [-0.39, 0.29) is 11.9 Å². The molecule has 1 N–H and O–H groups in total. The fourth-order valence-corrected chi connectivity index (χ4v) is 3.77. The summed E-state index contributed by atoms with van der Waals surface area (Å²) in [7, 11) is 0. The van der Waals surface area contributed by atoms with Gasteiger partial charge in [-0.3, -0.25) is 0 Å². The number of hydrogen-bond acceptors (Lipinski definition) is 2. The number of fused-ring (bicyclic) bond motifs is 1. The molecule has 1 aliphatic carbocycles. The van der Waals surface area contributed by atoms with Crippen LogP contribution in [0.5, 0.6) is 5.75 Å². The van der Waals surface area contributed by atoms with Crippen molar-refractivity contribution in [3.63, 3.8) is 0 Å². The minimum Gasteiger partial charge on any atom is -0.490 e. The Morgan fingerprint density at radius 1 is 1.35 bits per heavy atom. The van der Waals surface area contributed by atoms with Gasteiger partial charge in [0.2, 0.25) is 0 Å². The van der Waals surface area contributed by atoms with Gasteiger partial charge < -0.3 is 10.1 Å². The van der Waals surface area contributed by atoms with Gasteiger partial charge in [0.1, 0.15) is 17.7 Å². The van der Waals surface area contributed by atoms with Gasteiger partial charge in [0.05, 0.1) is 0 Å². The SMILES string of the molecule is CCNC1CCCC(CC2Cc3cc(F)ccc3O2)C1. The molecule has 0 amide bonds. The minimum absolute atomic E-state index is 0.155. The van der Waals surface area contributed by atoms with Crippen molar-refractivity contribution in [2.45, 2.75) is 57.6 Å². The Labute approximate surface area is 120 Å². The van der Waals surface area contributed by atoms with Crippen molar-refractivity contribution in [3.05, 3.63) is 29.6 Å². The van der Waals surface area contributed by atoms with Crippen LogP contribution >= 0.6 is 0 Å². The van der Waals surface area contributed by atoms with Crippen LogP contribution in [-0.2, 0) is 6.42 Å². The Hall–Kier alpha value is -1.09. The van der Waals surface area contributed by atoms with E-state index < -0.39 is 0 Å². The second-order valence-electron chi connectivity index (χ2n) is 6.22. The predicted octanol–water partition coefficient (Wildman–Crippen LogP) is 3.69. The maximum atomic E-state index is 13.2. The molecule has 2 nitrogen and oxygen atoms in total. The predicted molar refractivity (Wildman–Crippen MR) is 78.6 cm³/mol. The van der Waals surface area contributed by atoms with Crippen molar-refractivity contribution in [2.24, 2.45) is 5.92 Å². The third-order valence-electron chi connectivity index (χ3n) is 4.64. The standard InChI is InChI=1S/C17H24FNO/c1-2-19-15-5-3-4-12(8-15)9-16-11-13-10-14(18)6-7-17(13)20-16/h6-7,10,12,15-16,19H,2-5,8-9,11H2,1H3. The van der Waals surface area contributed by atoms with Gasteiger partial charge in [0.25, 0.3) is 0 Å². The molecule has 110 valence electrons. The average Bonchev–Trinajstić information content (AvgIpc) is 2.81. The second kappa shape index (κ2) is 6.13. The lowest BCUT2D eigenvalue weighted by atomic mass is 9.82. The molecular weight excluding hydrogens is 253 g/mol. The van der Waals surface area contributed by atoms with E-state index in [9.17, 15) is 4.39 Å². The first-order valence-corrected chi connectivity index (χ1v) is 7.93. The fraction of sp³-hybridized carbons (Fsp3) is 0.647. The highest BCUT2D eigenvalue weighted by molar-refractivity contribution is 5.37. The molecular formula is C17H24FNO. The van der Waals surface area contributed by atoms with Crippen molar-refractivity contribution in [2.75, 3.05) is 6.54 Å².